The van der Waals surface area contributed by atoms with Gasteiger partial charge in [0.15, 0.2) is 5.16 Å². The van der Waals surface area contributed by atoms with E-state index in [-0.39, 0.29) is 28.1 Å². The molecule has 3 aliphatic heterocycles. The van der Waals surface area contributed by atoms with Gasteiger partial charge in [0.1, 0.15) is 17.1 Å². The minimum absolute atomic E-state index is 0.0568. The Hall–Kier alpha value is -3.06. The van der Waals surface area contributed by atoms with E-state index in [0.717, 1.165) is 24.6 Å². The highest BCUT2D eigenvalue weighted by Crippen LogP contribution is 2.41. The van der Waals surface area contributed by atoms with Gasteiger partial charge in [-0.25, -0.2) is 9.78 Å². The summed E-state index contributed by atoms with van der Waals surface area (Å²) in [5.74, 6) is -1.99. The largest absolute Gasteiger partial charge is 0.477 e. The number of aromatic amines is 1. The first kappa shape index (κ1) is 22.7. The van der Waals surface area contributed by atoms with E-state index < -0.39 is 29.2 Å². The third kappa shape index (κ3) is 4.25. The zero-order valence-electron chi connectivity index (χ0n) is 17.9. The fraction of sp³-hybridized carbons (Fsp3) is 0.429. The van der Waals surface area contributed by atoms with E-state index in [1.54, 1.807) is 6.08 Å². The van der Waals surface area contributed by atoms with Crippen LogP contribution in [0.15, 0.2) is 45.1 Å². The quantitative estimate of drug-likeness (QED) is 0.201. The number of hydrogen-bond acceptors (Lipinski definition) is 8. The first-order valence-electron chi connectivity index (χ1n) is 10.7. The van der Waals surface area contributed by atoms with Crippen molar-refractivity contribution in [2.24, 2.45) is 0 Å². The van der Waals surface area contributed by atoms with Gasteiger partial charge in [-0.3, -0.25) is 24.1 Å². The zero-order valence-corrected chi connectivity index (χ0v) is 19.5. The zero-order chi connectivity index (χ0) is 24.0. The van der Waals surface area contributed by atoms with Crippen LogP contribution in [0.25, 0.3) is 0 Å². The molecule has 2 saturated heterocycles. The summed E-state index contributed by atoms with van der Waals surface area (Å²) >= 11 is 2.37. The average molecular weight is 504 g/mol. The number of allylic oxidation sites excluding steroid dienone is 1. The van der Waals surface area contributed by atoms with E-state index in [0.29, 0.717) is 35.9 Å². The second-order valence-corrected chi connectivity index (χ2v) is 10.4. The van der Waals surface area contributed by atoms with Gasteiger partial charge in [0.2, 0.25) is 11.8 Å². The van der Waals surface area contributed by atoms with Gasteiger partial charge >= 0.3 is 5.97 Å². The number of carbonyl (C=O) groups is 4. The van der Waals surface area contributed by atoms with Gasteiger partial charge in [0.25, 0.3) is 11.5 Å². The first-order chi connectivity index (χ1) is 16.3. The van der Waals surface area contributed by atoms with Crippen molar-refractivity contribution in [1.29, 1.82) is 0 Å². The second-order valence-electron chi connectivity index (χ2n) is 8.31. The molecule has 178 valence electrons. The van der Waals surface area contributed by atoms with Crippen molar-refractivity contribution in [1.82, 2.24) is 25.1 Å². The number of amides is 3. The van der Waals surface area contributed by atoms with Crippen LogP contribution in [-0.4, -0.2) is 84.1 Å². The van der Waals surface area contributed by atoms with Crippen LogP contribution in [0.4, 0.5) is 0 Å². The summed E-state index contributed by atoms with van der Waals surface area (Å²) in [5, 5.41) is 12.2. The SMILES string of the molecule is O=C(CSc1nccc(=O)[nH]1)N[C@@H]1C(=O)N2C(C(=O)O)=C(C=C3CCN(C4CC4)C3=O)CS[C@H]12. The first-order valence-corrected chi connectivity index (χ1v) is 12.8. The maximum atomic E-state index is 12.8. The van der Waals surface area contributed by atoms with Crippen LogP contribution < -0.4 is 10.9 Å². The van der Waals surface area contributed by atoms with Crippen molar-refractivity contribution in [3.05, 3.63) is 45.5 Å². The molecule has 0 radical (unpaired) electrons. The molecular formula is C21H21N5O6S2. The number of β-lactam (4-membered cyclic amide) rings is 1. The monoisotopic (exact) mass is 503 g/mol. The minimum Gasteiger partial charge on any atom is -0.477 e. The van der Waals surface area contributed by atoms with Crippen molar-refractivity contribution in [2.75, 3.05) is 18.1 Å². The summed E-state index contributed by atoms with van der Waals surface area (Å²) < 4.78 is 0. The van der Waals surface area contributed by atoms with E-state index in [1.807, 2.05) is 4.90 Å². The van der Waals surface area contributed by atoms with Crippen molar-refractivity contribution in [3.63, 3.8) is 0 Å². The fourth-order valence-electron chi connectivity index (χ4n) is 4.24. The van der Waals surface area contributed by atoms with Crippen LogP contribution in [0.2, 0.25) is 0 Å². The molecule has 1 aromatic heterocycles. The molecule has 0 aromatic carbocycles. The molecule has 3 amide bonds. The Bertz CT molecular complexity index is 1210. The summed E-state index contributed by atoms with van der Waals surface area (Å²) in [6.07, 6.45) is 5.54. The number of carbonyl (C=O) groups excluding carboxylic acids is 3. The van der Waals surface area contributed by atoms with E-state index >= 15 is 0 Å². The van der Waals surface area contributed by atoms with Crippen molar-refractivity contribution < 1.29 is 24.3 Å². The second kappa shape index (κ2) is 8.95. The van der Waals surface area contributed by atoms with Crippen LogP contribution in [0, 0.1) is 0 Å². The topological polar surface area (TPSA) is 153 Å². The number of likely N-dealkylation sites (tertiary alicyclic amines) is 1. The van der Waals surface area contributed by atoms with Gasteiger partial charge in [-0.2, -0.15) is 0 Å². The van der Waals surface area contributed by atoms with Crippen molar-refractivity contribution >= 4 is 47.2 Å². The Kier molecular flexibility index (Phi) is 5.98. The lowest BCUT2D eigenvalue weighted by atomic mass is 10.0. The fourth-order valence-corrected chi connectivity index (χ4v) is 6.21. The normalized spacial score (nSPS) is 25.5. The molecule has 3 fully saturated rings. The summed E-state index contributed by atoms with van der Waals surface area (Å²) in [7, 11) is 0. The molecule has 0 spiro atoms. The van der Waals surface area contributed by atoms with E-state index in [1.165, 1.54) is 28.9 Å². The lowest BCUT2D eigenvalue weighted by molar-refractivity contribution is -0.150. The molecular weight excluding hydrogens is 482 g/mol. The van der Waals surface area contributed by atoms with Crippen LogP contribution >= 0.6 is 23.5 Å². The van der Waals surface area contributed by atoms with Gasteiger partial charge < -0.3 is 20.3 Å². The average Bonchev–Trinajstić information content (AvgIpc) is 3.59. The number of thioether (sulfide) groups is 2. The highest BCUT2D eigenvalue weighted by molar-refractivity contribution is 8.00. The molecule has 4 aliphatic rings. The number of nitrogens with one attached hydrogen (secondary N) is 2. The Balaban J connectivity index is 1.26. The summed E-state index contributed by atoms with van der Waals surface area (Å²) in [5.41, 5.74) is 0.536. The number of carboxylic acids is 1. The number of rotatable bonds is 7. The maximum absolute atomic E-state index is 12.8. The molecule has 0 bridgehead atoms. The highest BCUT2D eigenvalue weighted by atomic mass is 32.2. The Morgan fingerprint density at radius 3 is 2.82 bits per heavy atom. The van der Waals surface area contributed by atoms with Crippen LogP contribution in [0.3, 0.4) is 0 Å². The van der Waals surface area contributed by atoms with Crippen LogP contribution in [0.1, 0.15) is 19.3 Å². The van der Waals surface area contributed by atoms with Gasteiger partial charge in [-0.05, 0) is 30.9 Å². The van der Waals surface area contributed by atoms with Gasteiger partial charge in [0, 0.05) is 36.2 Å². The molecule has 5 rings (SSSR count). The molecule has 34 heavy (non-hydrogen) atoms. The number of carboxylic acid groups (broad SMARTS) is 1. The Labute approximate surface area is 202 Å². The number of H-pyrrole nitrogens is 1. The number of nitrogens with zero attached hydrogens (tertiary/aromatic N) is 3. The van der Waals surface area contributed by atoms with E-state index in [4.69, 9.17) is 0 Å². The lowest BCUT2D eigenvalue weighted by Gasteiger charge is -2.49. The predicted molar refractivity (Wildman–Crippen MR) is 123 cm³/mol. The molecule has 1 aromatic rings. The number of hydrogen-bond donors (Lipinski definition) is 3. The number of fused-ring (bicyclic) bond motifs is 1. The molecule has 13 heteroatoms. The molecule has 11 nitrogen and oxygen atoms in total. The molecule has 1 aliphatic carbocycles. The third-order valence-electron chi connectivity index (χ3n) is 6.00. The van der Waals surface area contributed by atoms with E-state index in [9.17, 15) is 29.1 Å². The Morgan fingerprint density at radius 2 is 2.12 bits per heavy atom. The lowest BCUT2D eigenvalue weighted by Crippen LogP contribution is -2.70. The predicted octanol–water partition coefficient (Wildman–Crippen LogP) is -0.0783. The summed E-state index contributed by atoms with van der Waals surface area (Å²) in [4.78, 5) is 70.6. The summed E-state index contributed by atoms with van der Waals surface area (Å²) in [6.45, 7) is 0.641. The van der Waals surface area contributed by atoms with E-state index in [2.05, 4.69) is 15.3 Å². The molecule has 0 unspecified atom stereocenters. The molecule has 1 saturated carbocycles. The number of aliphatic carboxylic acids is 1. The molecule has 2 atom stereocenters. The highest BCUT2D eigenvalue weighted by Gasteiger charge is 2.54. The van der Waals surface area contributed by atoms with Crippen LogP contribution in [-0.2, 0) is 19.2 Å². The minimum atomic E-state index is -1.24. The smallest absolute Gasteiger partial charge is 0.352 e. The van der Waals surface area contributed by atoms with Gasteiger partial charge in [0.05, 0.1) is 5.75 Å². The van der Waals surface area contributed by atoms with Crippen LogP contribution in [0.5, 0.6) is 0 Å². The third-order valence-corrected chi connectivity index (χ3v) is 8.19. The van der Waals surface area contributed by atoms with Gasteiger partial charge in [-0.1, -0.05) is 11.8 Å². The molecule has 3 N–H and O–H groups in total. The Morgan fingerprint density at radius 1 is 1.32 bits per heavy atom. The maximum Gasteiger partial charge on any atom is 0.352 e. The number of aromatic nitrogens is 2. The van der Waals surface area contributed by atoms with Gasteiger partial charge in [-0.15, -0.1) is 11.8 Å². The standard InChI is InChI=1S/C21H21N5O6S2/c27-13-3-5-22-21(24-13)34-9-14(28)23-15-18(30)26-16(20(31)32)11(8-33-19(15)26)7-10-4-6-25(17(10)29)12-1-2-12/h3,5,7,12,15,19H,1-2,4,6,8-9H2,(H,23,28)(H,31,32)(H,22,24,27)/t15-,19-/m1/s1. The summed E-state index contributed by atoms with van der Waals surface area (Å²) in [6, 6.07) is 0.715. The van der Waals surface area contributed by atoms with Crippen molar-refractivity contribution in [3.8, 4) is 0 Å². The molecule has 4 heterocycles. The van der Waals surface area contributed by atoms with Crippen molar-refractivity contribution in [2.45, 2.75) is 41.9 Å².